The highest BCUT2D eigenvalue weighted by Gasteiger charge is 2.27. The molecule has 8 heteroatoms. The lowest BCUT2D eigenvalue weighted by molar-refractivity contribution is -0.114. The molecular formula is C24H24N2O5S. The van der Waals surface area contributed by atoms with Gasteiger partial charge in [0.05, 0.1) is 23.3 Å². The second-order valence-electron chi connectivity index (χ2n) is 7.18. The number of amides is 1. The van der Waals surface area contributed by atoms with E-state index in [-0.39, 0.29) is 4.90 Å². The fourth-order valence-corrected chi connectivity index (χ4v) is 4.67. The molecule has 0 atom stereocenters. The monoisotopic (exact) mass is 452 g/mol. The summed E-state index contributed by atoms with van der Waals surface area (Å²) in [6, 6.07) is 19.7. The molecule has 7 nitrogen and oxygen atoms in total. The van der Waals surface area contributed by atoms with E-state index in [4.69, 9.17) is 4.74 Å². The third kappa shape index (κ3) is 4.97. The largest absolute Gasteiger partial charge is 0.465 e. The van der Waals surface area contributed by atoms with Gasteiger partial charge in [-0.05, 0) is 61.4 Å². The molecule has 166 valence electrons. The number of nitrogens with one attached hydrogen (secondary N) is 1. The first kappa shape index (κ1) is 23.0. The SMILES string of the molecule is COC(=O)c1cccc(NC(=O)CN(c2cccc(C)c2)S(=O)(=O)c2ccccc2)c1C. The highest BCUT2D eigenvalue weighted by Crippen LogP contribution is 2.25. The first-order valence-corrected chi connectivity index (χ1v) is 11.3. The Morgan fingerprint density at radius 1 is 0.938 bits per heavy atom. The number of carbonyl (C=O) groups excluding carboxylic acids is 2. The zero-order valence-corrected chi connectivity index (χ0v) is 18.8. The molecule has 1 amide bonds. The summed E-state index contributed by atoms with van der Waals surface area (Å²) in [5.74, 6) is -1.07. The van der Waals surface area contributed by atoms with Gasteiger partial charge in [0.1, 0.15) is 6.54 Å². The van der Waals surface area contributed by atoms with Crippen LogP contribution in [0.5, 0.6) is 0 Å². The van der Waals surface area contributed by atoms with Crippen molar-refractivity contribution in [2.75, 3.05) is 23.3 Å². The maximum absolute atomic E-state index is 13.4. The van der Waals surface area contributed by atoms with Crippen molar-refractivity contribution in [3.8, 4) is 0 Å². The number of ether oxygens (including phenoxy) is 1. The van der Waals surface area contributed by atoms with Crippen molar-refractivity contribution < 1.29 is 22.7 Å². The zero-order chi connectivity index (χ0) is 23.3. The molecule has 3 aromatic rings. The van der Waals surface area contributed by atoms with Gasteiger partial charge < -0.3 is 10.1 Å². The van der Waals surface area contributed by atoms with Crippen molar-refractivity contribution in [3.05, 3.63) is 89.5 Å². The van der Waals surface area contributed by atoms with Crippen LogP contribution in [0, 0.1) is 13.8 Å². The standard InChI is InChI=1S/C24H24N2O5S/c1-17-9-7-10-19(15-17)26(32(29,30)20-11-5-4-6-12-20)16-23(27)25-22-14-8-13-21(18(22)2)24(28)31-3/h4-15H,16H2,1-3H3,(H,25,27). The summed E-state index contributed by atoms with van der Waals surface area (Å²) in [6.07, 6.45) is 0. The number of nitrogens with zero attached hydrogens (tertiary/aromatic N) is 1. The summed E-state index contributed by atoms with van der Waals surface area (Å²) in [5, 5.41) is 2.72. The lowest BCUT2D eigenvalue weighted by Gasteiger charge is -2.24. The number of hydrogen-bond acceptors (Lipinski definition) is 5. The van der Waals surface area contributed by atoms with Gasteiger partial charge in [0.25, 0.3) is 10.0 Å². The molecule has 0 saturated heterocycles. The van der Waals surface area contributed by atoms with Crippen molar-refractivity contribution in [2.45, 2.75) is 18.7 Å². The number of sulfonamides is 1. The van der Waals surface area contributed by atoms with Crippen LogP contribution in [0.2, 0.25) is 0 Å². The molecule has 1 N–H and O–H groups in total. The van der Waals surface area contributed by atoms with E-state index in [2.05, 4.69) is 5.32 Å². The number of esters is 1. The quantitative estimate of drug-likeness (QED) is 0.549. The Bertz CT molecular complexity index is 1240. The Balaban J connectivity index is 1.94. The molecule has 0 aromatic heterocycles. The van der Waals surface area contributed by atoms with Crippen LogP contribution < -0.4 is 9.62 Å². The van der Waals surface area contributed by atoms with Crippen LogP contribution >= 0.6 is 0 Å². The molecule has 0 spiro atoms. The summed E-state index contributed by atoms with van der Waals surface area (Å²) in [5.41, 5.74) is 2.49. The van der Waals surface area contributed by atoms with Crippen LogP contribution in [-0.4, -0.2) is 33.9 Å². The maximum atomic E-state index is 13.4. The highest BCUT2D eigenvalue weighted by molar-refractivity contribution is 7.92. The smallest absolute Gasteiger partial charge is 0.338 e. The minimum Gasteiger partial charge on any atom is -0.465 e. The minimum atomic E-state index is -4.00. The highest BCUT2D eigenvalue weighted by atomic mass is 32.2. The fourth-order valence-electron chi connectivity index (χ4n) is 3.24. The molecule has 0 heterocycles. The van der Waals surface area contributed by atoms with Crippen molar-refractivity contribution in [1.82, 2.24) is 0 Å². The molecule has 32 heavy (non-hydrogen) atoms. The Morgan fingerprint density at radius 3 is 2.28 bits per heavy atom. The molecule has 0 aliphatic carbocycles. The van der Waals surface area contributed by atoms with E-state index >= 15 is 0 Å². The van der Waals surface area contributed by atoms with Crippen molar-refractivity contribution >= 4 is 33.3 Å². The molecule has 3 aromatic carbocycles. The first-order chi connectivity index (χ1) is 15.2. The number of carbonyl (C=O) groups is 2. The molecule has 0 bridgehead atoms. The van der Waals surface area contributed by atoms with Crippen LogP contribution in [0.25, 0.3) is 0 Å². The van der Waals surface area contributed by atoms with Crippen LogP contribution in [0.4, 0.5) is 11.4 Å². The Morgan fingerprint density at radius 2 is 1.62 bits per heavy atom. The maximum Gasteiger partial charge on any atom is 0.338 e. The second-order valence-corrected chi connectivity index (χ2v) is 9.04. The number of hydrogen-bond donors (Lipinski definition) is 1. The molecule has 0 fully saturated rings. The summed E-state index contributed by atoms with van der Waals surface area (Å²) >= 11 is 0. The number of rotatable bonds is 7. The molecular weight excluding hydrogens is 428 g/mol. The van der Waals surface area contributed by atoms with Gasteiger partial charge >= 0.3 is 5.97 Å². The van der Waals surface area contributed by atoms with Gasteiger partial charge in [-0.1, -0.05) is 36.4 Å². The van der Waals surface area contributed by atoms with E-state index < -0.39 is 28.4 Å². The third-order valence-electron chi connectivity index (χ3n) is 4.92. The van der Waals surface area contributed by atoms with Gasteiger partial charge in [0.2, 0.25) is 5.91 Å². The molecule has 0 radical (unpaired) electrons. The second kappa shape index (κ2) is 9.65. The van der Waals surface area contributed by atoms with Gasteiger partial charge in [-0.15, -0.1) is 0 Å². The number of aryl methyl sites for hydroxylation is 1. The fraction of sp³-hybridized carbons (Fsp3) is 0.167. The summed E-state index contributed by atoms with van der Waals surface area (Å²) in [6.45, 7) is 3.09. The summed E-state index contributed by atoms with van der Waals surface area (Å²) in [7, 11) is -2.72. The predicted octanol–water partition coefficient (Wildman–Crippen LogP) is 3.92. The number of anilines is 2. The van der Waals surface area contributed by atoms with Gasteiger partial charge in [0, 0.05) is 5.69 Å². The summed E-state index contributed by atoms with van der Waals surface area (Å²) in [4.78, 5) is 24.9. The molecule has 0 saturated carbocycles. The van der Waals surface area contributed by atoms with E-state index in [1.54, 1.807) is 61.5 Å². The van der Waals surface area contributed by atoms with Crippen molar-refractivity contribution in [3.63, 3.8) is 0 Å². The lowest BCUT2D eigenvalue weighted by atomic mass is 10.1. The Hall–Kier alpha value is -3.65. The molecule has 0 unspecified atom stereocenters. The van der Waals surface area contributed by atoms with E-state index in [0.29, 0.717) is 22.5 Å². The average Bonchev–Trinajstić information content (AvgIpc) is 2.79. The van der Waals surface area contributed by atoms with E-state index in [1.165, 1.54) is 19.2 Å². The Kier molecular flexibility index (Phi) is 6.95. The van der Waals surface area contributed by atoms with Crippen molar-refractivity contribution in [2.24, 2.45) is 0 Å². The van der Waals surface area contributed by atoms with Crippen LogP contribution in [0.15, 0.2) is 77.7 Å². The normalized spacial score (nSPS) is 11.0. The van der Waals surface area contributed by atoms with Crippen LogP contribution in [0.1, 0.15) is 21.5 Å². The van der Waals surface area contributed by atoms with Crippen LogP contribution in [0.3, 0.4) is 0 Å². The summed E-state index contributed by atoms with van der Waals surface area (Å²) < 4.78 is 32.6. The van der Waals surface area contributed by atoms with Gasteiger partial charge in [-0.3, -0.25) is 9.10 Å². The van der Waals surface area contributed by atoms with Gasteiger partial charge in [-0.2, -0.15) is 0 Å². The topological polar surface area (TPSA) is 92.8 Å². The Labute approximate surface area is 187 Å². The van der Waals surface area contributed by atoms with E-state index in [0.717, 1.165) is 9.87 Å². The van der Waals surface area contributed by atoms with E-state index in [9.17, 15) is 18.0 Å². The third-order valence-corrected chi connectivity index (χ3v) is 6.71. The average molecular weight is 453 g/mol. The predicted molar refractivity (Wildman–Crippen MR) is 123 cm³/mol. The molecule has 0 aliphatic heterocycles. The minimum absolute atomic E-state index is 0.0816. The molecule has 3 rings (SSSR count). The van der Waals surface area contributed by atoms with Gasteiger partial charge in [-0.25, -0.2) is 13.2 Å². The van der Waals surface area contributed by atoms with Crippen molar-refractivity contribution in [1.29, 1.82) is 0 Å². The lowest BCUT2D eigenvalue weighted by Crippen LogP contribution is -2.38. The zero-order valence-electron chi connectivity index (χ0n) is 18.0. The molecule has 0 aliphatic rings. The number of benzene rings is 3. The first-order valence-electron chi connectivity index (χ1n) is 9.86. The van der Waals surface area contributed by atoms with Crippen LogP contribution in [-0.2, 0) is 19.6 Å². The van der Waals surface area contributed by atoms with Gasteiger partial charge in [0.15, 0.2) is 0 Å². The van der Waals surface area contributed by atoms with E-state index in [1.807, 2.05) is 13.0 Å². The number of methoxy groups -OCH3 is 1.